The molecule has 1 atom stereocenters. The Hall–Kier alpha value is -0.300. The third-order valence-electron chi connectivity index (χ3n) is 3.69. The number of benzene rings is 1. The van der Waals surface area contributed by atoms with Crippen molar-refractivity contribution in [2.24, 2.45) is 5.41 Å². The van der Waals surface area contributed by atoms with Gasteiger partial charge in [-0.2, -0.15) is 0 Å². The topological polar surface area (TPSA) is 0 Å². The van der Waals surface area contributed by atoms with Gasteiger partial charge in [0.15, 0.2) is 0 Å². The van der Waals surface area contributed by atoms with E-state index in [0.717, 1.165) is 0 Å². The number of hydrogen-bond acceptors (Lipinski definition) is 0. The van der Waals surface area contributed by atoms with Gasteiger partial charge < -0.3 is 0 Å². The fourth-order valence-electron chi connectivity index (χ4n) is 1.86. The summed E-state index contributed by atoms with van der Waals surface area (Å²) in [5, 5.41) is 0. The van der Waals surface area contributed by atoms with Gasteiger partial charge in [-0.15, -0.1) is 0 Å². The second-order valence-electron chi connectivity index (χ2n) is 5.55. The van der Waals surface area contributed by atoms with E-state index >= 15 is 0 Å². The van der Waals surface area contributed by atoms with Crippen molar-refractivity contribution in [2.75, 3.05) is 0 Å². The fourth-order valence-corrected chi connectivity index (χ4v) is 2.49. The van der Waals surface area contributed by atoms with Gasteiger partial charge in [0.2, 0.25) is 0 Å². The summed E-state index contributed by atoms with van der Waals surface area (Å²) in [4.78, 5) is 0.445. The molecule has 0 amide bonds. The molecule has 0 aliphatic carbocycles. The van der Waals surface area contributed by atoms with Crippen molar-refractivity contribution in [3.8, 4) is 0 Å². The van der Waals surface area contributed by atoms with Gasteiger partial charge in [0.1, 0.15) is 0 Å². The van der Waals surface area contributed by atoms with Crippen LogP contribution in [0.2, 0.25) is 0 Å². The Morgan fingerprint density at radius 1 is 1.12 bits per heavy atom. The quantitative estimate of drug-likeness (QED) is 0.573. The lowest BCUT2D eigenvalue weighted by molar-refractivity contribution is 0.346. The maximum atomic E-state index is 3.84. The highest BCUT2D eigenvalue weighted by Gasteiger charge is 2.26. The summed E-state index contributed by atoms with van der Waals surface area (Å²) in [6.45, 7) is 9.13. The maximum absolute atomic E-state index is 3.84. The molecule has 0 N–H and O–H groups in total. The summed E-state index contributed by atoms with van der Waals surface area (Å²) in [7, 11) is 0. The second kappa shape index (κ2) is 6.58. The smallest absolute Gasteiger partial charge is 0.0446 e. The van der Waals surface area contributed by atoms with Crippen molar-refractivity contribution in [3.05, 3.63) is 35.4 Å². The Bertz CT molecular complexity index is 324. The summed E-state index contributed by atoms with van der Waals surface area (Å²) < 4.78 is 0. The predicted molar refractivity (Wildman–Crippen MR) is 80.8 cm³/mol. The van der Waals surface area contributed by atoms with Gasteiger partial charge in [0.05, 0.1) is 0 Å². The molecular formula is C16H25Br. The molecule has 0 saturated heterocycles. The minimum Gasteiger partial charge on any atom is -0.0833 e. The Morgan fingerprint density at radius 2 is 1.71 bits per heavy atom. The van der Waals surface area contributed by atoms with Crippen LogP contribution in [0.4, 0.5) is 0 Å². The van der Waals surface area contributed by atoms with E-state index in [-0.39, 0.29) is 0 Å². The van der Waals surface area contributed by atoms with Crippen LogP contribution in [0.3, 0.4) is 0 Å². The Balaban J connectivity index is 2.73. The third-order valence-corrected chi connectivity index (χ3v) is 5.46. The van der Waals surface area contributed by atoms with Crippen molar-refractivity contribution in [2.45, 2.75) is 58.2 Å². The van der Waals surface area contributed by atoms with Crippen LogP contribution >= 0.6 is 15.9 Å². The number of rotatable bonds is 6. The molecule has 1 rings (SSSR count). The first-order valence-electron chi connectivity index (χ1n) is 6.74. The van der Waals surface area contributed by atoms with Crippen LogP contribution in [0.1, 0.15) is 62.9 Å². The molecule has 0 bridgehead atoms. The van der Waals surface area contributed by atoms with E-state index in [2.05, 4.69) is 67.9 Å². The van der Waals surface area contributed by atoms with Gasteiger partial charge >= 0.3 is 0 Å². The van der Waals surface area contributed by atoms with Gasteiger partial charge in [0.25, 0.3) is 0 Å². The average Bonchev–Trinajstić information content (AvgIpc) is 2.36. The van der Waals surface area contributed by atoms with Crippen molar-refractivity contribution in [1.82, 2.24) is 0 Å². The zero-order valence-corrected chi connectivity index (χ0v) is 13.2. The van der Waals surface area contributed by atoms with Gasteiger partial charge in [-0.25, -0.2) is 0 Å². The largest absolute Gasteiger partial charge is 0.0833 e. The molecule has 96 valence electrons. The van der Waals surface area contributed by atoms with Gasteiger partial charge in [-0.3, -0.25) is 0 Å². The van der Waals surface area contributed by atoms with Crippen LogP contribution in [0.5, 0.6) is 0 Å². The van der Waals surface area contributed by atoms with Crippen LogP contribution in [0.15, 0.2) is 24.3 Å². The molecular weight excluding hydrogens is 272 g/mol. The highest BCUT2D eigenvalue weighted by molar-refractivity contribution is 9.09. The molecule has 17 heavy (non-hydrogen) atoms. The van der Waals surface area contributed by atoms with E-state index in [4.69, 9.17) is 0 Å². The maximum Gasteiger partial charge on any atom is 0.0446 e. The SMILES string of the molecule is CCCCc1ccc(C(Br)C(C)(C)CC)cc1. The first-order valence-corrected chi connectivity index (χ1v) is 7.65. The predicted octanol–water partition coefficient (Wildman–Crippen LogP) is 5.90. The molecule has 0 heterocycles. The first-order chi connectivity index (χ1) is 8.01. The molecule has 1 unspecified atom stereocenters. The van der Waals surface area contributed by atoms with Gasteiger partial charge in [-0.1, -0.05) is 74.3 Å². The molecule has 0 aliphatic heterocycles. The van der Waals surface area contributed by atoms with Crippen molar-refractivity contribution in [1.29, 1.82) is 0 Å². The second-order valence-corrected chi connectivity index (χ2v) is 6.47. The van der Waals surface area contributed by atoms with E-state index in [1.807, 2.05) is 0 Å². The summed E-state index contributed by atoms with van der Waals surface area (Å²) in [6.07, 6.45) is 4.95. The van der Waals surface area contributed by atoms with Crippen LogP contribution in [0.25, 0.3) is 0 Å². The molecule has 1 aromatic rings. The lowest BCUT2D eigenvalue weighted by Crippen LogP contribution is -2.16. The number of alkyl halides is 1. The number of halogens is 1. The molecule has 0 nitrogen and oxygen atoms in total. The van der Waals surface area contributed by atoms with Crippen molar-refractivity contribution >= 4 is 15.9 Å². The lowest BCUT2D eigenvalue weighted by atomic mass is 9.83. The molecule has 0 fully saturated rings. The van der Waals surface area contributed by atoms with E-state index < -0.39 is 0 Å². The highest BCUT2D eigenvalue weighted by atomic mass is 79.9. The number of aryl methyl sites for hydroxylation is 1. The van der Waals surface area contributed by atoms with E-state index in [0.29, 0.717) is 10.2 Å². The Morgan fingerprint density at radius 3 is 2.18 bits per heavy atom. The zero-order chi connectivity index (χ0) is 12.9. The first kappa shape index (κ1) is 14.8. The minimum atomic E-state index is 0.310. The van der Waals surface area contributed by atoms with Crippen LogP contribution < -0.4 is 0 Å². The normalized spacial score (nSPS) is 13.7. The Kier molecular flexibility index (Phi) is 5.72. The summed E-state index contributed by atoms with van der Waals surface area (Å²) in [6, 6.07) is 9.12. The molecule has 0 spiro atoms. The van der Waals surface area contributed by atoms with Gasteiger partial charge in [0, 0.05) is 4.83 Å². The minimum absolute atomic E-state index is 0.310. The number of unbranched alkanes of at least 4 members (excludes halogenated alkanes) is 1. The van der Waals surface area contributed by atoms with Crippen molar-refractivity contribution < 1.29 is 0 Å². The standard InChI is InChI=1S/C16H25Br/c1-5-7-8-13-9-11-14(12-10-13)15(17)16(3,4)6-2/h9-12,15H,5-8H2,1-4H3. The highest BCUT2D eigenvalue weighted by Crippen LogP contribution is 2.42. The van der Waals surface area contributed by atoms with E-state index in [1.165, 1.54) is 36.8 Å². The molecule has 1 aromatic carbocycles. The van der Waals surface area contributed by atoms with Crippen LogP contribution in [-0.4, -0.2) is 0 Å². The van der Waals surface area contributed by atoms with E-state index in [9.17, 15) is 0 Å². The molecule has 1 heteroatoms. The summed E-state index contributed by atoms with van der Waals surface area (Å²) in [5.41, 5.74) is 3.17. The van der Waals surface area contributed by atoms with Crippen molar-refractivity contribution in [3.63, 3.8) is 0 Å². The fraction of sp³-hybridized carbons (Fsp3) is 0.625. The summed E-state index contributed by atoms with van der Waals surface area (Å²) >= 11 is 3.84. The van der Waals surface area contributed by atoms with E-state index in [1.54, 1.807) is 0 Å². The summed E-state index contributed by atoms with van der Waals surface area (Å²) in [5.74, 6) is 0. The Labute approximate surface area is 115 Å². The third kappa shape index (κ3) is 4.13. The number of hydrogen-bond donors (Lipinski definition) is 0. The molecule has 0 aliphatic rings. The van der Waals surface area contributed by atoms with Gasteiger partial charge in [-0.05, 0) is 35.8 Å². The van der Waals surface area contributed by atoms with Crippen LogP contribution in [-0.2, 0) is 6.42 Å². The molecule has 0 radical (unpaired) electrons. The molecule has 0 saturated carbocycles. The lowest BCUT2D eigenvalue weighted by Gasteiger charge is -2.29. The van der Waals surface area contributed by atoms with Crippen LogP contribution in [0, 0.1) is 5.41 Å². The zero-order valence-electron chi connectivity index (χ0n) is 11.6. The monoisotopic (exact) mass is 296 g/mol. The molecule has 0 aromatic heterocycles. The average molecular weight is 297 g/mol.